The molecule has 4 nitrogen and oxygen atoms in total. The van der Waals surface area contributed by atoms with Crippen LogP contribution in [-0.2, 0) is 11.3 Å². The first-order chi connectivity index (χ1) is 13.6. The monoisotopic (exact) mass is 382 g/mol. The van der Waals surface area contributed by atoms with Gasteiger partial charge in [0.25, 0.3) is 0 Å². The largest absolute Gasteiger partial charge is 0.487 e. The van der Waals surface area contributed by atoms with E-state index in [2.05, 4.69) is 16.3 Å². The number of ether oxygens (including phenoxy) is 1. The molecule has 5 heteroatoms. The lowest BCUT2D eigenvalue weighted by Gasteiger charge is -2.47. The number of carbonyl (C=O) groups excluding carboxylic acids is 1. The van der Waals surface area contributed by atoms with Crippen molar-refractivity contribution >= 4 is 5.91 Å². The molecule has 0 aliphatic carbocycles. The molecule has 2 aliphatic rings. The van der Waals surface area contributed by atoms with E-state index in [-0.39, 0.29) is 23.2 Å². The van der Waals surface area contributed by atoms with Gasteiger partial charge in [-0.3, -0.25) is 9.69 Å². The SMILES string of the molecule is CNC(=O)C[C@@H]1CC2(CCN(Cc3ccc(F)cc3)CC2)Oc2ccccc21. The first-order valence-corrected chi connectivity index (χ1v) is 10.0. The highest BCUT2D eigenvalue weighted by atomic mass is 19.1. The molecule has 2 heterocycles. The van der Waals surface area contributed by atoms with E-state index in [0.29, 0.717) is 6.42 Å². The molecule has 2 aliphatic heterocycles. The van der Waals surface area contributed by atoms with E-state index in [9.17, 15) is 9.18 Å². The third-order valence-electron chi connectivity index (χ3n) is 6.10. The average Bonchev–Trinajstić information content (AvgIpc) is 2.71. The Morgan fingerprint density at radius 3 is 2.61 bits per heavy atom. The van der Waals surface area contributed by atoms with Gasteiger partial charge in [-0.25, -0.2) is 4.39 Å². The second-order valence-corrected chi connectivity index (χ2v) is 8.00. The summed E-state index contributed by atoms with van der Waals surface area (Å²) >= 11 is 0. The molecule has 1 atom stereocenters. The molecule has 1 fully saturated rings. The van der Waals surface area contributed by atoms with Crippen LogP contribution in [0.3, 0.4) is 0 Å². The molecular weight excluding hydrogens is 355 g/mol. The lowest BCUT2D eigenvalue weighted by atomic mass is 9.76. The maximum atomic E-state index is 13.1. The highest BCUT2D eigenvalue weighted by Gasteiger charge is 2.43. The molecule has 2 aromatic carbocycles. The Balaban J connectivity index is 1.45. The van der Waals surface area contributed by atoms with Gasteiger partial charge in [0.05, 0.1) is 0 Å². The number of rotatable bonds is 4. The predicted octanol–water partition coefficient (Wildman–Crippen LogP) is 3.86. The van der Waals surface area contributed by atoms with Gasteiger partial charge in [-0.1, -0.05) is 30.3 Å². The smallest absolute Gasteiger partial charge is 0.220 e. The van der Waals surface area contributed by atoms with Crippen molar-refractivity contribution in [2.45, 2.75) is 43.7 Å². The van der Waals surface area contributed by atoms with Crippen molar-refractivity contribution in [3.05, 3.63) is 65.5 Å². The van der Waals surface area contributed by atoms with Crippen LogP contribution in [0, 0.1) is 5.82 Å². The number of fused-ring (bicyclic) bond motifs is 1. The molecule has 0 radical (unpaired) electrons. The second kappa shape index (κ2) is 7.92. The van der Waals surface area contributed by atoms with Crippen LogP contribution in [-0.4, -0.2) is 36.5 Å². The first-order valence-electron chi connectivity index (χ1n) is 10.0. The average molecular weight is 382 g/mol. The Labute approximate surface area is 165 Å². The normalized spacial score (nSPS) is 21.0. The van der Waals surface area contributed by atoms with E-state index in [1.165, 1.54) is 12.1 Å². The third kappa shape index (κ3) is 4.04. The number of halogens is 1. The number of carbonyl (C=O) groups is 1. The van der Waals surface area contributed by atoms with E-state index < -0.39 is 0 Å². The van der Waals surface area contributed by atoms with Crippen LogP contribution >= 0.6 is 0 Å². The number of nitrogens with one attached hydrogen (secondary N) is 1. The van der Waals surface area contributed by atoms with Gasteiger partial charge in [-0.2, -0.15) is 0 Å². The molecule has 1 amide bonds. The summed E-state index contributed by atoms with van der Waals surface area (Å²) in [5, 5.41) is 2.76. The zero-order chi connectivity index (χ0) is 19.6. The van der Waals surface area contributed by atoms with Crippen LogP contribution in [0.25, 0.3) is 0 Å². The summed E-state index contributed by atoms with van der Waals surface area (Å²) in [6.45, 7) is 2.70. The summed E-state index contributed by atoms with van der Waals surface area (Å²) < 4.78 is 19.6. The van der Waals surface area contributed by atoms with Gasteiger partial charge in [0, 0.05) is 39.0 Å². The number of likely N-dealkylation sites (tertiary alicyclic amines) is 1. The maximum absolute atomic E-state index is 13.1. The Kier molecular flexibility index (Phi) is 5.36. The van der Waals surface area contributed by atoms with Crippen LogP contribution in [0.2, 0.25) is 0 Å². The maximum Gasteiger partial charge on any atom is 0.220 e. The highest BCUT2D eigenvalue weighted by molar-refractivity contribution is 5.76. The summed E-state index contributed by atoms with van der Waals surface area (Å²) in [4.78, 5) is 14.5. The zero-order valence-corrected chi connectivity index (χ0v) is 16.3. The summed E-state index contributed by atoms with van der Waals surface area (Å²) in [5.41, 5.74) is 2.07. The van der Waals surface area contributed by atoms with Gasteiger partial charge in [0.15, 0.2) is 0 Å². The minimum atomic E-state index is -0.202. The van der Waals surface area contributed by atoms with Crippen molar-refractivity contribution in [1.82, 2.24) is 10.2 Å². The minimum Gasteiger partial charge on any atom is -0.487 e. The summed E-state index contributed by atoms with van der Waals surface area (Å²) in [6, 6.07) is 14.9. The number of hydrogen-bond acceptors (Lipinski definition) is 3. The van der Waals surface area contributed by atoms with Crippen molar-refractivity contribution in [3.8, 4) is 5.75 Å². The molecule has 0 bridgehead atoms. The molecule has 0 aromatic heterocycles. The lowest BCUT2D eigenvalue weighted by molar-refractivity contribution is -0.121. The van der Waals surface area contributed by atoms with Crippen LogP contribution < -0.4 is 10.1 Å². The number of nitrogens with zero attached hydrogens (tertiary/aromatic N) is 1. The summed E-state index contributed by atoms with van der Waals surface area (Å²) in [6.07, 6.45) is 3.25. The third-order valence-corrected chi connectivity index (χ3v) is 6.10. The van der Waals surface area contributed by atoms with Crippen molar-refractivity contribution in [2.75, 3.05) is 20.1 Å². The molecule has 148 valence electrons. The summed E-state index contributed by atoms with van der Waals surface area (Å²) in [7, 11) is 1.69. The highest BCUT2D eigenvalue weighted by Crippen LogP contribution is 2.46. The predicted molar refractivity (Wildman–Crippen MR) is 107 cm³/mol. The second-order valence-electron chi connectivity index (χ2n) is 8.00. The summed E-state index contributed by atoms with van der Waals surface area (Å²) in [5.74, 6) is 0.992. The van der Waals surface area contributed by atoms with Crippen LogP contribution in [0.15, 0.2) is 48.5 Å². The standard InChI is InChI=1S/C23H27FN2O2/c1-25-22(27)14-18-15-23(28-21-5-3-2-4-20(18)21)10-12-26(13-11-23)16-17-6-8-19(24)9-7-17/h2-9,18H,10-16H2,1H3,(H,25,27)/t18-/m1/s1. The number of benzene rings is 2. The zero-order valence-electron chi connectivity index (χ0n) is 16.3. The molecule has 4 rings (SSSR count). The minimum absolute atomic E-state index is 0.0746. The fraction of sp³-hybridized carbons (Fsp3) is 0.435. The van der Waals surface area contributed by atoms with Gasteiger partial charge in [0.2, 0.25) is 5.91 Å². The Morgan fingerprint density at radius 2 is 1.89 bits per heavy atom. The molecular formula is C23H27FN2O2. The number of amides is 1. The van der Waals surface area contributed by atoms with Crippen LogP contribution in [0.5, 0.6) is 5.75 Å². The topological polar surface area (TPSA) is 41.6 Å². The van der Waals surface area contributed by atoms with Crippen LogP contribution in [0.4, 0.5) is 4.39 Å². The van der Waals surface area contributed by atoms with Crippen molar-refractivity contribution in [1.29, 1.82) is 0 Å². The van der Waals surface area contributed by atoms with E-state index in [0.717, 1.165) is 55.8 Å². The number of para-hydroxylation sites is 1. The Bertz CT molecular complexity index is 829. The van der Waals surface area contributed by atoms with Gasteiger partial charge in [0.1, 0.15) is 17.2 Å². The van der Waals surface area contributed by atoms with Crippen molar-refractivity contribution in [3.63, 3.8) is 0 Å². The fourth-order valence-corrected chi connectivity index (χ4v) is 4.53. The van der Waals surface area contributed by atoms with E-state index in [1.54, 1.807) is 7.05 Å². The quantitative estimate of drug-likeness (QED) is 0.873. The van der Waals surface area contributed by atoms with E-state index in [4.69, 9.17) is 4.74 Å². The Hall–Kier alpha value is -2.40. The van der Waals surface area contributed by atoms with Gasteiger partial charge >= 0.3 is 0 Å². The fourth-order valence-electron chi connectivity index (χ4n) is 4.53. The molecule has 1 N–H and O–H groups in total. The van der Waals surface area contributed by atoms with E-state index in [1.807, 2.05) is 30.3 Å². The van der Waals surface area contributed by atoms with Crippen molar-refractivity contribution < 1.29 is 13.9 Å². The molecule has 0 unspecified atom stereocenters. The van der Waals surface area contributed by atoms with Gasteiger partial charge < -0.3 is 10.1 Å². The number of piperidine rings is 1. The van der Waals surface area contributed by atoms with Crippen LogP contribution in [0.1, 0.15) is 42.7 Å². The molecule has 2 aromatic rings. The Morgan fingerprint density at radius 1 is 1.18 bits per heavy atom. The number of hydrogen-bond donors (Lipinski definition) is 1. The lowest BCUT2D eigenvalue weighted by Crippen LogP contribution is -2.50. The van der Waals surface area contributed by atoms with Gasteiger partial charge in [-0.05, 0) is 48.6 Å². The van der Waals surface area contributed by atoms with Gasteiger partial charge in [-0.15, -0.1) is 0 Å². The molecule has 0 saturated carbocycles. The first kappa shape index (κ1) is 18.9. The van der Waals surface area contributed by atoms with E-state index >= 15 is 0 Å². The molecule has 1 saturated heterocycles. The molecule has 28 heavy (non-hydrogen) atoms. The van der Waals surface area contributed by atoms with Crippen molar-refractivity contribution in [2.24, 2.45) is 0 Å². The molecule has 1 spiro atoms.